The van der Waals surface area contributed by atoms with Crippen molar-refractivity contribution in [2.75, 3.05) is 30.0 Å². The number of aliphatic carboxylic acids is 2. The number of thioether (sulfide) groups is 1. The molecule has 0 fully saturated rings. The van der Waals surface area contributed by atoms with E-state index in [0.29, 0.717) is 17.3 Å². The highest BCUT2D eigenvalue weighted by Crippen LogP contribution is 2.39. The van der Waals surface area contributed by atoms with E-state index in [1.54, 1.807) is 24.3 Å². The Morgan fingerprint density at radius 1 is 1.18 bits per heavy atom. The Labute approximate surface area is 199 Å². The molecule has 1 aromatic heterocycles. The molecule has 1 amide bonds. The zero-order valence-electron chi connectivity index (χ0n) is 18.6. The monoisotopic (exact) mass is 487 g/mol. The molecule has 34 heavy (non-hydrogen) atoms. The molecule has 1 aromatic carbocycles. The van der Waals surface area contributed by atoms with Crippen LogP contribution in [0.25, 0.3) is 0 Å². The first-order chi connectivity index (χ1) is 16.0. The SMILES string of the molecule is CC1Sc2nc(N)nc(N)c2N=C1CN(C)c1ccc(C(=O)NC(CCC(=O)O)C(=O)O)cc1. The molecular weight excluding hydrogens is 462 g/mol. The lowest BCUT2D eigenvalue weighted by atomic mass is 10.1. The smallest absolute Gasteiger partial charge is 0.326 e. The first-order valence-electron chi connectivity index (χ1n) is 10.3. The number of anilines is 3. The van der Waals surface area contributed by atoms with Crippen LogP contribution >= 0.6 is 11.8 Å². The number of amides is 1. The number of nitrogens with zero attached hydrogens (tertiary/aromatic N) is 4. The maximum absolute atomic E-state index is 12.4. The molecule has 2 aromatic rings. The van der Waals surface area contributed by atoms with Crippen molar-refractivity contribution in [1.82, 2.24) is 15.3 Å². The molecule has 1 aliphatic rings. The number of rotatable bonds is 9. The number of fused-ring (bicyclic) bond motifs is 1. The van der Waals surface area contributed by atoms with Crippen molar-refractivity contribution < 1.29 is 24.6 Å². The van der Waals surface area contributed by atoms with Crippen molar-refractivity contribution in [3.8, 4) is 0 Å². The number of carboxylic acids is 2. The fraction of sp³-hybridized carbons (Fsp3) is 0.333. The minimum Gasteiger partial charge on any atom is -0.481 e. The highest BCUT2D eigenvalue weighted by molar-refractivity contribution is 8.00. The third-order valence-electron chi connectivity index (χ3n) is 5.13. The fourth-order valence-corrected chi connectivity index (χ4v) is 4.26. The normalized spacial score (nSPS) is 15.6. The number of hydrogen-bond acceptors (Lipinski definition) is 10. The largest absolute Gasteiger partial charge is 0.481 e. The summed E-state index contributed by atoms with van der Waals surface area (Å²) in [5, 5.41) is 21.0. The Kier molecular flexibility index (Phi) is 7.56. The molecule has 0 bridgehead atoms. The van der Waals surface area contributed by atoms with Crippen LogP contribution in [0.15, 0.2) is 34.3 Å². The van der Waals surface area contributed by atoms with E-state index >= 15 is 0 Å². The van der Waals surface area contributed by atoms with Crippen molar-refractivity contribution in [3.05, 3.63) is 29.8 Å². The number of aliphatic imine (C=N–C) groups is 1. The summed E-state index contributed by atoms with van der Waals surface area (Å²) in [4.78, 5) is 49.2. The number of carbonyl (C=O) groups excluding carboxylic acids is 1. The average molecular weight is 488 g/mol. The Hall–Kier alpha value is -3.87. The third kappa shape index (κ3) is 5.92. The lowest BCUT2D eigenvalue weighted by Gasteiger charge is -2.26. The van der Waals surface area contributed by atoms with Gasteiger partial charge in [0.25, 0.3) is 5.91 Å². The molecule has 2 atom stereocenters. The lowest BCUT2D eigenvalue weighted by Crippen LogP contribution is -2.41. The van der Waals surface area contributed by atoms with E-state index in [2.05, 4.69) is 20.3 Å². The molecule has 0 saturated carbocycles. The number of aromatic nitrogens is 2. The van der Waals surface area contributed by atoms with Crippen LogP contribution in [-0.2, 0) is 9.59 Å². The third-order valence-corrected chi connectivity index (χ3v) is 6.26. The van der Waals surface area contributed by atoms with E-state index in [0.717, 1.165) is 11.4 Å². The van der Waals surface area contributed by atoms with Gasteiger partial charge in [0.1, 0.15) is 16.8 Å². The summed E-state index contributed by atoms with van der Waals surface area (Å²) < 4.78 is 0. The van der Waals surface area contributed by atoms with Gasteiger partial charge in [0.05, 0.1) is 12.3 Å². The van der Waals surface area contributed by atoms with E-state index in [1.165, 1.54) is 11.8 Å². The zero-order valence-corrected chi connectivity index (χ0v) is 19.4. The molecule has 1 aliphatic heterocycles. The summed E-state index contributed by atoms with van der Waals surface area (Å²) >= 11 is 1.50. The zero-order chi connectivity index (χ0) is 25.0. The Bertz CT molecular complexity index is 1140. The molecule has 7 N–H and O–H groups in total. The predicted molar refractivity (Wildman–Crippen MR) is 129 cm³/mol. The van der Waals surface area contributed by atoms with Crippen LogP contribution in [0.1, 0.15) is 30.1 Å². The second-order valence-corrected chi connectivity index (χ2v) is 9.01. The van der Waals surface area contributed by atoms with Gasteiger partial charge in [-0.15, -0.1) is 0 Å². The first-order valence-corrected chi connectivity index (χ1v) is 11.2. The summed E-state index contributed by atoms with van der Waals surface area (Å²) in [6.45, 7) is 2.49. The van der Waals surface area contributed by atoms with Crippen LogP contribution in [-0.4, -0.2) is 68.6 Å². The topological polar surface area (TPSA) is 197 Å². The minimum atomic E-state index is -1.29. The van der Waals surface area contributed by atoms with Gasteiger partial charge in [0, 0.05) is 30.0 Å². The second kappa shape index (κ2) is 10.4. The van der Waals surface area contributed by atoms with E-state index in [4.69, 9.17) is 16.6 Å². The average Bonchev–Trinajstić information content (AvgIpc) is 2.77. The molecule has 13 heteroatoms. The van der Waals surface area contributed by atoms with Crippen LogP contribution in [0, 0.1) is 0 Å². The van der Waals surface area contributed by atoms with Crippen LogP contribution in [0.3, 0.4) is 0 Å². The first kappa shape index (κ1) is 24.8. The summed E-state index contributed by atoms with van der Waals surface area (Å²) in [5.41, 5.74) is 14.1. The Morgan fingerprint density at radius 2 is 1.85 bits per heavy atom. The van der Waals surface area contributed by atoms with Gasteiger partial charge in [-0.05, 0) is 37.6 Å². The molecular formula is C21H25N7O5S. The summed E-state index contributed by atoms with van der Waals surface area (Å²) in [5.74, 6) is -2.69. The Morgan fingerprint density at radius 3 is 2.47 bits per heavy atom. The van der Waals surface area contributed by atoms with Gasteiger partial charge < -0.3 is 31.9 Å². The molecule has 180 valence electrons. The second-order valence-electron chi connectivity index (χ2n) is 7.68. The van der Waals surface area contributed by atoms with Crippen molar-refractivity contribution in [1.29, 1.82) is 0 Å². The standard InChI is InChI=1S/C21H25N7O5S/c1-10-14(24-16-17(22)26-21(23)27-19(16)34-10)9-28(2)12-5-3-11(4-6-12)18(31)25-13(20(32)33)7-8-15(29)30/h3-6,10,13H,7-9H2,1-2H3,(H,25,31)(H,29,30)(H,32,33)(H4,22,23,26,27). The molecule has 0 aliphatic carbocycles. The van der Waals surface area contributed by atoms with E-state index in [-0.39, 0.29) is 35.4 Å². The van der Waals surface area contributed by atoms with Gasteiger partial charge in [-0.25, -0.2) is 14.8 Å². The molecule has 0 radical (unpaired) electrons. The number of hydrogen-bond donors (Lipinski definition) is 5. The van der Waals surface area contributed by atoms with E-state index in [9.17, 15) is 19.5 Å². The summed E-state index contributed by atoms with van der Waals surface area (Å²) in [7, 11) is 1.87. The summed E-state index contributed by atoms with van der Waals surface area (Å²) in [6, 6.07) is 5.32. The van der Waals surface area contributed by atoms with Gasteiger partial charge in [-0.2, -0.15) is 4.98 Å². The van der Waals surface area contributed by atoms with Gasteiger partial charge >= 0.3 is 11.9 Å². The molecule has 0 spiro atoms. The maximum atomic E-state index is 12.4. The van der Waals surface area contributed by atoms with Gasteiger partial charge in [0.15, 0.2) is 5.82 Å². The molecule has 2 heterocycles. The molecule has 12 nitrogen and oxygen atoms in total. The van der Waals surface area contributed by atoms with Crippen molar-refractivity contribution in [2.45, 2.75) is 36.1 Å². The minimum absolute atomic E-state index is 0.0347. The van der Waals surface area contributed by atoms with Crippen molar-refractivity contribution >= 4 is 58.5 Å². The highest BCUT2D eigenvalue weighted by atomic mass is 32.2. The number of nitrogens with one attached hydrogen (secondary N) is 1. The highest BCUT2D eigenvalue weighted by Gasteiger charge is 2.25. The fourth-order valence-electron chi connectivity index (χ4n) is 3.26. The van der Waals surface area contributed by atoms with Gasteiger partial charge in [-0.3, -0.25) is 9.59 Å². The summed E-state index contributed by atoms with van der Waals surface area (Å²) in [6.07, 6.45) is -0.571. The van der Waals surface area contributed by atoms with E-state index < -0.39 is 23.9 Å². The number of carbonyl (C=O) groups is 3. The van der Waals surface area contributed by atoms with Crippen molar-refractivity contribution in [3.63, 3.8) is 0 Å². The Balaban J connectivity index is 1.68. The van der Waals surface area contributed by atoms with Gasteiger partial charge in [0.2, 0.25) is 5.95 Å². The number of benzene rings is 1. The van der Waals surface area contributed by atoms with Crippen LogP contribution in [0.2, 0.25) is 0 Å². The lowest BCUT2D eigenvalue weighted by molar-refractivity contribution is -0.140. The van der Waals surface area contributed by atoms with Crippen LogP contribution in [0.5, 0.6) is 0 Å². The number of nitrogens with two attached hydrogens (primary N) is 2. The van der Waals surface area contributed by atoms with Crippen LogP contribution < -0.4 is 21.7 Å². The predicted octanol–water partition coefficient (Wildman–Crippen LogP) is 1.39. The quantitative estimate of drug-likeness (QED) is 0.320. The van der Waals surface area contributed by atoms with Crippen LogP contribution in [0.4, 0.5) is 23.1 Å². The molecule has 0 saturated heterocycles. The van der Waals surface area contributed by atoms with Gasteiger partial charge in [-0.1, -0.05) is 11.8 Å². The van der Waals surface area contributed by atoms with Crippen molar-refractivity contribution in [2.24, 2.45) is 4.99 Å². The molecule has 3 rings (SSSR count). The number of nitrogen functional groups attached to an aromatic ring is 2. The van der Waals surface area contributed by atoms with E-state index in [1.807, 2.05) is 18.9 Å². The number of carboxylic acid groups (broad SMARTS) is 2. The maximum Gasteiger partial charge on any atom is 0.326 e. The molecule has 2 unspecified atom stereocenters.